The molecule has 0 bridgehead atoms. The lowest BCUT2D eigenvalue weighted by atomic mass is 10.1. The molecule has 1 heterocycles. The number of urea groups is 1. The van der Waals surface area contributed by atoms with Crippen LogP contribution in [-0.2, 0) is 23.0 Å². The van der Waals surface area contributed by atoms with E-state index in [0.717, 1.165) is 17.5 Å². The molecule has 2 amide bonds. The number of nitrogens with zero attached hydrogens (tertiary/aromatic N) is 1. The summed E-state index contributed by atoms with van der Waals surface area (Å²) in [5.74, 6) is 0. The highest BCUT2D eigenvalue weighted by Crippen LogP contribution is 2.19. The highest BCUT2D eigenvalue weighted by Gasteiger charge is 2.14. The largest absolute Gasteiger partial charge is 0.334 e. The van der Waals surface area contributed by atoms with E-state index in [2.05, 4.69) is 20.3 Å². The Labute approximate surface area is 170 Å². The number of anilines is 2. The fourth-order valence-corrected chi connectivity index (χ4v) is 3.70. The van der Waals surface area contributed by atoms with Gasteiger partial charge in [0.1, 0.15) is 0 Å². The quantitative estimate of drug-likeness (QED) is 0.552. The highest BCUT2D eigenvalue weighted by atomic mass is 32.2. The van der Waals surface area contributed by atoms with Crippen LogP contribution in [0.4, 0.5) is 16.2 Å². The predicted molar refractivity (Wildman–Crippen MR) is 113 cm³/mol. The van der Waals surface area contributed by atoms with Crippen LogP contribution < -0.4 is 15.4 Å². The van der Waals surface area contributed by atoms with E-state index in [4.69, 9.17) is 0 Å². The third kappa shape index (κ3) is 5.79. The number of hydrogen-bond acceptors (Lipinski definition) is 4. The molecule has 3 rings (SSSR count). The maximum Gasteiger partial charge on any atom is 0.319 e. The monoisotopic (exact) mass is 410 g/mol. The summed E-state index contributed by atoms with van der Waals surface area (Å²) in [6, 6.07) is 16.5. The van der Waals surface area contributed by atoms with Crippen LogP contribution in [0.2, 0.25) is 0 Å². The van der Waals surface area contributed by atoms with Crippen LogP contribution >= 0.6 is 0 Å². The Bertz CT molecular complexity index is 1070. The Balaban J connectivity index is 1.60. The molecular formula is C21H22N4O3S. The van der Waals surface area contributed by atoms with Crippen molar-refractivity contribution in [3.8, 4) is 0 Å². The van der Waals surface area contributed by atoms with Crippen molar-refractivity contribution >= 4 is 27.4 Å². The van der Waals surface area contributed by atoms with Gasteiger partial charge in [-0.05, 0) is 60.0 Å². The third-order valence-electron chi connectivity index (χ3n) is 4.19. The smallest absolute Gasteiger partial charge is 0.319 e. The fraction of sp³-hybridized carbons (Fsp3) is 0.143. The van der Waals surface area contributed by atoms with Crippen LogP contribution in [0.5, 0.6) is 0 Å². The van der Waals surface area contributed by atoms with Crippen molar-refractivity contribution in [2.24, 2.45) is 0 Å². The Morgan fingerprint density at radius 3 is 2.41 bits per heavy atom. The van der Waals surface area contributed by atoms with Crippen molar-refractivity contribution < 1.29 is 13.2 Å². The number of carbonyl (C=O) groups is 1. The number of hydrogen-bond donors (Lipinski definition) is 3. The first-order chi connectivity index (χ1) is 14.0. The summed E-state index contributed by atoms with van der Waals surface area (Å²) in [7, 11) is -3.72. The Kier molecular flexibility index (Phi) is 6.46. The molecule has 150 valence electrons. The fourth-order valence-electron chi connectivity index (χ4n) is 2.65. The van der Waals surface area contributed by atoms with Crippen LogP contribution in [-0.4, -0.2) is 19.4 Å². The van der Waals surface area contributed by atoms with E-state index in [1.165, 1.54) is 12.1 Å². The lowest BCUT2D eigenvalue weighted by molar-refractivity contribution is 0.251. The molecule has 2 aromatic carbocycles. The number of benzene rings is 2. The van der Waals surface area contributed by atoms with Crippen molar-refractivity contribution in [3.63, 3.8) is 0 Å². The van der Waals surface area contributed by atoms with Gasteiger partial charge >= 0.3 is 6.03 Å². The molecule has 8 heteroatoms. The highest BCUT2D eigenvalue weighted by molar-refractivity contribution is 7.92. The summed E-state index contributed by atoms with van der Waals surface area (Å²) >= 11 is 0. The molecule has 0 aliphatic carbocycles. The molecule has 3 N–H and O–H groups in total. The second-order valence-corrected chi connectivity index (χ2v) is 8.04. The topological polar surface area (TPSA) is 100 Å². The van der Waals surface area contributed by atoms with Gasteiger partial charge in [-0.25, -0.2) is 13.2 Å². The number of aromatic nitrogens is 1. The van der Waals surface area contributed by atoms with Gasteiger partial charge in [0, 0.05) is 30.3 Å². The van der Waals surface area contributed by atoms with Gasteiger partial charge in [0.25, 0.3) is 10.0 Å². The molecule has 3 aromatic rings. The second kappa shape index (κ2) is 9.20. The van der Waals surface area contributed by atoms with E-state index in [9.17, 15) is 13.2 Å². The molecule has 1 aromatic heterocycles. The third-order valence-corrected chi connectivity index (χ3v) is 5.58. The molecule has 0 aliphatic rings. The lowest BCUT2D eigenvalue weighted by Crippen LogP contribution is -2.28. The number of carbonyl (C=O) groups excluding carboxylic acids is 1. The summed E-state index contributed by atoms with van der Waals surface area (Å²) in [6.07, 6.45) is 4.15. The number of amides is 2. The van der Waals surface area contributed by atoms with Gasteiger partial charge in [0.15, 0.2) is 0 Å². The standard InChI is InChI=1S/C21H22N4O3S/c1-2-16-5-3-7-19(13-16)25-29(27,28)20-10-8-18(9-11-20)24-21(26)23-15-17-6-4-12-22-14-17/h3-14,25H,2,15H2,1H3,(H2,23,24,26). The molecule has 29 heavy (non-hydrogen) atoms. The molecule has 0 fully saturated rings. The summed E-state index contributed by atoms with van der Waals surface area (Å²) in [4.78, 5) is 16.1. The molecule has 0 aliphatic heterocycles. The van der Waals surface area contributed by atoms with Gasteiger partial charge in [-0.1, -0.05) is 25.1 Å². The minimum atomic E-state index is -3.72. The SMILES string of the molecule is CCc1cccc(NS(=O)(=O)c2ccc(NC(=O)NCc3cccnc3)cc2)c1. The van der Waals surface area contributed by atoms with Crippen molar-refractivity contribution in [1.29, 1.82) is 0 Å². The van der Waals surface area contributed by atoms with E-state index in [1.807, 2.05) is 25.1 Å². The van der Waals surface area contributed by atoms with Crippen LogP contribution in [0.15, 0.2) is 78.0 Å². The molecule has 0 unspecified atom stereocenters. The molecular weight excluding hydrogens is 388 g/mol. The van der Waals surface area contributed by atoms with Crippen molar-refractivity contribution in [2.75, 3.05) is 10.0 Å². The summed E-state index contributed by atoms with van der Waals surface area (Å²) in [5, 5.41) is 5.39. The summed E-state index contributed by atoms with van der Waals surface area (Å²) < 4.78 is 27.7. The zero-order chi connectivity index (χ0) is 20.7. The van der Waals surface area contributed by atoms with E-state index >= 15 is 0 Å². The molecule has 0 radical (unpaired) electrons. The van der Waals surface area contributed by atoms with Crippen LogP contribution in [0, 0.1) is 0 Å². The Hall–Kier alpha value is -3.39. The van der Waals surface area contributed by atoms with Gasteiger partial charge in [0.05, 0.1) is 4.90 Å². The van der Waals surface area contributed by atoms with E-state index in [1.54, 1.807) is 42.7 Å². The van der Waals surface area contributed by atoms with Gasteiger partial charge in [-0.15, -0.1) is 0 Å². The predicted octanol–water partition coefficient (Wildman–Crippen LogP) is 3.77. The van der Waals surface area contributed by atoms with E-state index in [0.29, 0.717) is 17.9 Å². The Morgan fingerprint density at radius 1 is 0.966 bits per heavy atom. The molecule has 0 saturated heterocycles. The maximum absolute atomic E-state index is 12.6. The lowest BCUT2D eigenvalue weighted by Gasteiger charge is -2.11. The van der Waals surface area contributed by atoms with E-state index in [-0.39, 0.29) is 10.9 Å². The molecule has 0 spiro atoms. The zero-order valence-electron chi connectivity index (χ0n) is 15.9. The normalized spacial score (nSPS) is 10.9. The van der Waals surface area contributed by atoms with Gasteiger partial charge in [0.2, 0.25) is 0 Å². The second-order valence-electron chi connectivity index (χ2n) is 6.35. The minimum Gasteiger partial charge on any atom is -0.334 e. The molecule has 0 saturated carbocycles. The average Bonchev–Trinajstić information content (AvgIpc) is 2.73. The van der Waals surface area contributed by atoms with Gasteiger partial charge < -0.3 is 10.6 Å². The first-order valence-corrected chi connectivity index (χ1v) is 10.6. The summed E-state index contributed by atoms with van der Waals surface area (Å²) in [6.45, 7) is 2.35. The van der Waals surface area contributed by atoms with Crippen molar-refractivity contribution in [1.82, 2.24) is 10.3 Å². The number of aryl methyl sites for hydroxylation is 1. The first-order valence-electron chi connectivity index (χ1n) is 9.12. The zero-order valence-corrected chi connectivity index (χ0v) is 16.7. The van der Waals surface area contributed by atoms with Gasteiger partial charge in [-0.2, -0.15) is 0 Å². The average molecular weight is 410 g/mol. The molecule has 7 nitrogen and oxygen atoms in total. The number of pyridine rings is 1. The number of nitrogens with one attached hydrogen (secondary N) is 3. The van der Waals surface area contributed by atoms with Gasteiger partial charge in [-0.3, -0.25) is 9.71 Å². The van der Waals surface area contributed by atoms with Crippen LogP contribution in [0.3, 0.4) is 0 Å². The Morgan fingerprint density at radius 2 is 1.72 bits per heavy atom. The first kappa shape index (κ1) is 20.3. The van der Waals surface area contributed by atoms with E-state index < -0.39 is 10.0 Å². The van der Waals surface area contributed by atoms with Crippen molar-refractivity contribution in [3.05, 3.63) is 84.2 Å². The molecule has 0 atom stereocenters. The van der Waals surface area contributed by atoms with Crippen molar-refractivity contribution in [2.45, 2.75) is 24.8 Å². The number of rotatable bonds is 7. The number of sulfonamides is 1. The summed E-state index contributed by atoms with van der Waals surface area (Å²) in [5.41, 5.74) is 2.92. The minimum absolute atomic E-state index is 0.112. The maximum atomic E-state index is 12.6. The van der Waals surface area contributed by atoms with Crippen LogP contribution in [0.25, 0.3) is 0 Å². The van der Waals surface area contributed by atoms with Crippen LogP contribution in [0.1, 0.15) is 18.1 Å².